The van der Waals surface area contributed by atoms with Crippen LogP contribution in [-0.2, 0) is 4.79 Å². The number of hydrogen-bond donors (Lipinski definition) is 3. The van der Waals surface area contributed by atoms with E-state index >= 15 is 0 Å². The predicted octanol–water partition coefficient (Wildman–Crippen LogP) is 1.28. The Kier molecular flexibility index (Phi) is 3.92. The molecule has 0 aliphatic rings. The molecule has 6 heteroatoms. The Morgan fingerprint density at radius 2 is 1.95 bits per heavy atom. The number of benzene rings is 1. The van der Waals surface area contributed by atoms with Crippen molar-refractivity contribution >= 4 is 11.9 Å². The summed E-state index contributed by atoms with van der Waals surface area (Å²) in [5.74, 6) is -1.21. The van der Waals surface area contributed by atoms with Crippen molar-refractivity contribution in [3.05, 3.63) is 42.2 Å². The van der Waals surface area contributed by atoms with E-state index < -0.39 is 5.97 Å². The van der Waals surface area contributed by atoms with Gasteiger partial charge in [0.15, 0.2) is 0 Å². The lowest BCUT2D eigenvalue weighted by atomic mass is 10.1. The minimum absolute atomic E-state index is 0.0845. The van der Waals surface area contributed by atoms with Gasteiger partial charge in [0.1, 0.15) is 0 Å². The van der Waals surface area contributed by atoms with Gasteiger partial charge >= 0.3 is 5.97 Å². The van der Waals surface area contributed by atoms with Crippen molar-refractivity contribution in [1.29, 1.82) is 0 Å². The average Bonchev–Trinajstić information content (AvgIpc) is 2.92. The number of carboxylic acid groups (broad SMARTS) is 1. The van der Waals surface area contributed by atoms with Crippen LogP contribution in [0.2, 0.25) is 0 Å². The van der Waals surface area contributed by atoms with Crippen molar-refractivity contribution in [2.75, 3.05) is 6.54 Å². The van der Waals surface area contributed by atoms with Gasteiger partial charge in [-0.15, -0.1) is 0 Å². The number of hydrogen-bond acceptors (Lipinski definition) is 3. The topological polar surface area (TPSA) is 95.1 Å². The number of H-pyrrole nitrogens is 1. The van der Waals surface area contributed by atoms with Gasteiger partial charge in [-0.1, -0.05) is 12.1 Å². The number of carbonyl (C=O) groups is 2. The van der Waals surface area contributed by atoms with Gasteiger partial charge in [0.25, 0.3) is 5.91 Å². The third kappa shape index (κ3) is 3.41. The fourth-order valence-corrected chi connectivity index (χ4v) is 1.61. The van der Waals surface area contributed by atoms with Crippen molar-refractivity contribution < 1.29 is 14.7 Å². The fraction of sp³-hybridized carbons (Fsp3) is 0.154. The second-order valence-corrected chi connectivity index (χ2v) is 3.96. The van der Waals surface area contributed by atoms with Crippen molar-refractivity contribution in [1.82, 2.24) is 15.5 Å². The fourth-order valence-electron chi connectivity index (χ4n) is 1.61. The molecule has 0 unspecified atom stereocenters. The minimum Gasteiger partial charge on any atom is -0.481 e. The Balaban J connectivity index is 1.98. The highest BCUT2D eigenvalue weighted by molar-refractivity contribution is 5.94. The van der Waals surface area contributed by atoms with Crippen LogP contribution in [0.1, 0.15) is 16.8 Å². The Hall–Kier alpha value is -2.63. The van der Waals surface area contributed by atoms with Gasteiger partial charge in [-0.2, -0.15) is 5.10 Å². The number of aromatic nitrogens is 2. The van der Waals surface area contributed by atoms with E-state index in [9.17, 15) is 9.59 Å². The van der Waals surface area contributed by atoms with Crippen LogP contribution in [0.25, 0.3) is 11.1 Å². The van der Waals surface area contributed by atoms with Gasteiger partial charge in [-0.05, 0) is 17.7 Å². The molecular formula is C13H13N3O3. The van der Waals surface area contributed by atoms with Crippen LogP contribution in [0.5, 0.6) is 0 Å². The van der Waals surface area contributed by atoms with Crippen molar-refractivity contribution in [2.45, 2.75) is 6.42 Å². The molecule has 0 bridgehead atoms. The van der Waals surface area contributed by atoms with Crippen LogP contribution in [0.15, 0.2) is 36.7 Å². The van der Waals surface area contributed by atoms with Crippen LogP contribution in [0, 0.1) is 0 Å². The Labute approximate surface area is 109 Å². The highest BCUT2D eigenvalue weighted by Gasteiger charge is 2.06. The number of carbonyl (C=O) groups excluding carboxylic acids is 1. The maximum Gasteiger partial charge on any atom is 0.305 e. The molecule has 1 aromatic carbocycles. The van der Waals surface area contributed by atoms with Crippen LogP contribution < -0.4 is 5.32 Å². The molecule has 0 saturated carbocycles. The number of nitrogens with zero attached hydrogens (tertiary/aromatic N) is 1. The van der Waals surface area contributed by atoms with E-state index in [-0.39, 0.29) is 18.9 Å². The molecule has 2 aromatic rings. The number of nitrogens with one attached hydrogen (secondary N) is 2. The molecule has 1 aromatic heterocycles. The molecule has 0 radical (unpaired) electrons. The standard InChI is InChI=1S/C13H13N3O3/c17-12(18)5-6-14-13(19)10-3-1-9(2-4-10)11-7-15-16-8-11/h1-4,7-8H,5-6H2,(H,14,19)(H,15,16)(H,17,18). The predicted molar refractivity (Wildman–Crippen MR) is 68.6 cm³/mol. The SMILES string of the molecule is O=C(O)CCNC(=O)c1ccc(-c2cn[nH]c2)cc1. The number of rotatable bonds is 5. The van der Waals surface area contributed by atoms with Gasteiger partial charge < -0.3 is 10.4 Å². The Bertz CT molecular complexity index is 561. The number of amides is 1. The number of aromatic amines is 1. The molecule has 0 fully saturated rings. The molecular weight excluding hydrogens is 246 g/mol. The van der Waals surface area contributed by atoms with Gasteiger partial charge in [0, 0.05) is 23.9 Å². The molecule has 6 nitrogen and oxygen atoms in total. The zero-order valence-electron chi connectivity index (χ0n) is 10.1. The maximum atomic E-state index is 11.7. The smallest absolute Gasteiger partial charge is 0.305 e. The second kappa shape index (κ2) is 5.81. The first-order valence-electron chi connectivity index (χ1n) is 5.76. The van der Waals surface area contributed by atoms with E-state index in [2.05, 4.69) is 15.5 Å². The third-order valence-corrected chi connectivity index (χ3v) is 2.60. The van der Waals surface area contributed by atoms with Gasteiger partial charge in [-0.25, -0.2) is 0 Å². The molecule has 0 aliphatic carbocycles. The molecule has 0 saturated heterocycles. The van der Waals surface area contributed by atoms with Gasteiger partial charge in [0.05, 0.1) is 12.6 Å². The Morgan fingerprint density at radius 1 is 1.21 bits per heavy atom. The largest absolute Gasteiger partial charge is 0.481 e. The number of carboxylic acids is 1. The van der Waals surface area contributed by atoms with Crippen molar-refractivity contribution in [3.8, 4) is 11.1 Å². The van der Waals surface area contributed by atoms with E-state index in [0.29, 0.717) is 5.56 Å². The summed E-state index contributed by atoms with van der Waals surface area (Å²) < 4.78 is 0. The van der Waals surface area contributed by atoms with Crippen LogP contribution in [-0.4, -0.2) is 33.7 Å². The van der Waals surface area contributed by atoms with E-state index in [0.717, 1.165) is 11.1 Å². The minimum atomic E-state index is -0.935. The second-order valence-electron chi connectivity index (χ2n) is 3.96. The van der Waals surface area contributed by atoms with Crippen molar-refractivity contribution in [2.24, 2.45) is 0 Å². The molecule has 2 rings (SSSR count). The number of aliphatic carboxylic acids is 1. The van der Waals surface area contributed by atoms with Gasteiger partial charge in [-0.3, -0.25) is 14.7 Å². The van der Waals surface area contributed by atoms with Crippen LogP contribution in [0.4, 0.5) is 0 Å². The summed E-state index contributed by atoms with van der Waals surface area (Å²) in [7, 11) is 0. The first kappa shape index (κ1) is 12.8. The average molecular weight is 259 g/mol. The summed E-state index contributed by atoms with van der Waals surface area (Å²) in [6.07, 6.45) is 3.38. The summed E-state index contributed by atoms with van der Waals surface area (Å²) in [5.41, 5.74) is 2.39. The molecule has 1 heterocycles. The first-order chi connectivity index (χ1) is 9.16. The van der Waals surface area contributed by atoms with E-state index in [1.807, 2.05) is 12.1 Å². The lowest BCUT2D eigenvalue weighted by Gasteiger charge is -2.04. The highest BCUT2D eigenvalue weighted by Crippen LogP contribution is 2.17. The highest BCUT2D eigenvalue weighted by atomic mass is 16.4. The molecule has 1 amide bonds. The summed E-state index contributed by atoms with van der Waals surface area (Å²) in [4.78, 5) is 22.0. The van der Waals surface area contributed by atoms with Crippen LogP contribution in [0.3, 0.4) is 0 Å². The molecule has 98 valence electrons. The molecule has 19 heavy (non-hydrogen) atoms. The zero-order valence-corrected chi connectivity index (χ0v) is 10.1. The van der Waals surface area contributed by atoms with Crippen molar-refractivity contribution in [3.63, 3.8) is 0 Å². The summed E-state index contributed by atoms with van der Waals surface area (Å²) in [5, 5.41) is 17.6. The quantitative estimate of drug-likeness (QED) is 0.753. The molecule has 0 aliphatic heterocycles. The molecule has 3 N–H and O–H groups in total. The maximum absolute atomic E-state index is 11.7. The zero-order chi connectivity index (χ0) is 13.7. The first-order valence-corrected chi connectivity index (χ1v) is 5.76. The summed E-state index contributed by atoms with van der Waals surface area (Å²) >= 11 is 0. The normalized spacial score (nSPS) is 10.1. The molecule has 0 atom stereocenters. The lowest BCUT2D eigenvalue weighted by Crippen LogP contribution is -2.25. The lowest BCUT2D eigenvalue weighted by molar-refractivity contribution is -0.136. The summed E-state index contributed by atoms with van der Waals surface area (Å²) in [6.45, 7) is 0.123. The van der Waals surface area contributed by atoms with E-state index in [1.54, 1.807) is 24.5 Å². The third-order valence-electron chi connectivity index (χ3n) is 2.60. The van der Waals surface area contributed by atoms with E-state index in [1.165, 1.54) is 0 Å². The van der Waals surface area contributed by atoms with Crippen LogP contribution >= 0.6 is 0 Å². The summed E-state index contributed by atoms with van der Waals surface area (Å²) in [6, 6.07) is 7.02. The molecule has 0 spiro atoms. The van der Waals surface area contributed by atoms with E-state index in [4.69, 9.17) is 5.11 Å². The Morgan fingerprint density at radius 3 is 2.53 bits per heavy atom. The van der Waals surface area contributed by atoms with Gasteiger partial charge in [0.2, 0.25) is 0 Å². The monoisotopic (exact) mass is 259 g/mol.